The average Bonchev–Trinajstić information content (AvgIpc) is 4.18. The summed E-state index contributed by atoms with van der Waals surface area (Å²) >= 11 is 0. The van der Waals surface area contributed by atoms with Gasteiger partial charge in [0.25, 0.3) is 0 Å². The van der Waals surface area contributed by atoms with Gasteiger partial charge in [-0.25, -0.2) is 4.79 Å². The van der Waals surface area contributed by atoms with Gasteiger partial charge in [0.1, 0.15) is 78.8 Å². The standard InChI is InChI=1S/C47H74N4O23/c1-19-64-37-33(59-11)29(67-41(37)65-19)21(15-25(53)50-23(17-27(55)57-9)31-35(61-13)39-43(69-31)73-47(7,8)71-39)49-24(52)14-20(28-32(58-10)36-40(66-28)63-18-62-36)48-26(54)16-22(51-44(56)74-45(2,3)4)30-34(60-12)38-42(68-30)72-46(5,6)70-38/h19-23,28-43H,14-18H2,1-13H3,(H,48,54)(H,49,52)(H,50,53)(H,51,56)/t19?,20?,21?,22?,23?,28-,29-,30-,31-,32+,33+,34+,35+,36-,37-,38-,39-,40+,41+,42-,43-/m1/s1. The van der Waals surface area contributed by atoms with Gasteiger partial charge in [0, 0.05) is 47.7 Å². The summed E-state index contributed by atoms with van der Waals surface area (Å²) in [7, 11) is 6.98. The lowest BCUT2D eigenvalue weighted by Gasteiger charge is -2.33. The zero-order valence-electron chi connectivity index (χ0n) is 44.0. The third-order valence-electron chi connectivity index (χ3n) is 13.9. The summed E-state index contributed by atoms with van der Waals surface area (Å²) in [5.74, 6) is -4.62. The van der Waals surface area contributed by atoms with Crippen LogP contribution in [0.2, 0.25) is 0 Å². The molecule has 8 saturated heterocycles. The van der Waals surface area contributed by atoms with E-state index in [1.54, 1.807) is 55.4 Å². The van der Waals surface area contributed by atoms with Crippen LogP contribution in [0.4, 0.5) is 4.79 Å². The number of hydrogen-bond acceptors (Lipinski definition) is 23. The fraction of sp³-hybridized carbons (Fsp3) is 0.894. The van der Waals surface area contributed by atoms with Crippen LogP contribution >= 0.6 is 0 Å². The highest BCUT2D eigenvalue weighted by atomic mass is 16.9. The molecule has 0 spiro atoms. The molecular formula is C47H74N4O23. The lowest BCUT2D eigenvalue weighted by molar-refractivity contribution is -0.220. The van der Waals surface area contributed by atoms with Gasteiger partial charge in [0.05, 0.1) is 37.7 Å². The molecular weight excluding hydrogens is 989 g/mol. The quantitative estimate of drug-likeness (QED) is 0.111. The maximum absolute atomic E-state index is 14.7. The Balaban J connectivity index is 1.03. The molecule has 27 heteroatoms. The first-order chi connectivity index (χ1) is 34.9. The number of esters is 1. The molecule has 4 amide bonds. The smallest absolute Gasteiger partial charge is 0.407 e. The predicted octanol–water partition coefficient (Wildman–Crippen LogP) is -0.536. The minimum Gasteiger partial charge on any atom is -0.469 e. The first-order valence-electron chi connectivity index (χ1n) is 24.9. The molecule has 4 N–H and O–H groups in total. The summed E-state index contributed by atoms with van der Waals surface area (Å²) in [5.41, 5.74) is -0.900. The Bertz CT molecular complexity index is 2010. The Kier molecular flexibility index (Phi) is 17.5. The number of amides is 4. The summed E-state index contributed by atoms with van der Waals surface area (Å²) < 4.78 is 106. The molecule has 0 aromatic carbocycles. The molecule has 420 valence electrons. The Morgan fingerprint density at radius 1 is 0.500 bits per heavy atom. The third kappa shape index (κ3) is 12.6. The number of rotatable bonds is 20. The van der Waals surface area contributed by atoms with Gasteiger partial charge in [-0.05, 0) is 55.4 Å². The second-order valence-electron chi connectivity index (χ2n) is 21.3. The number of fused-ring (bicyclic) bond motifs is 4. The van der Waals surface area contributed by atoms with E-state index in [0.717, 1.165) is 0 Å². The molecule has 0 aromatic rings. The van der Waals surface area contributed by atoms with Crippen LogP contribution < -0.4 is 21.3 Å². The van der Waals surface area contributed by atoms with E-state index >= 15 is 0 Å². The van der Waals surface area contributed by atoms with Crippen molar-refractivity contribution in [2.24, 2.45) is 0 Å². The molecule has 21 atom stereocenters. The molecule has 0 radical (unpaired) electrons. The Morgan fingerprint density at radius 2 is 0.905 bits per heavy atom. The van der Waals surface area contributed by atoms with E-state index in [-0.39, 0.29) is 13.2 Å². The Labute approximate surface area is 429 Å². The van der Waals surface area contributed by atoms with Crippen LogP contribution in [0.1, 0.15) is 81.1 Å². The number of alkyl carbamates (subject to hydrolysis) is 1. The van der Waals surface area contributed by atoms with Crippen LogP contribution in [0.3, 0.4) is 0 Å². The number of nitrogens with one attached hydrogen (secondary N) is 4. The monoisotopic (exact) mass is 1060 g/mol. The number of hydrogen-bond donors (Lipinski definition) is 4. The number of carbonyl (C=O) groups is 5. The van der Waals surface area contributed by atoms with Gasteiger partial charge in [-0.1, -0.05) is 0 Å². The van der Waals surface area contributed by atoms with E-state index in [4.69, 9.17) is 85.3 Å². The zero-order chi connectivity index (χ0) is 53.6. The van der Waals surface area contributed by atoms with E-state index in [1.165, 1.54) is 35.5 Å². The highest BCUT2D eigenvalue weighted by Crippen LogP contribution is 2.42. The highest BCUT2D eigenvalue weighted by Gasteiger charge is 2.60. The van der Waals surface area contributed by atoms with Gasteiger partial charge in [-0.15, -0.1) is 0 Å². The van der Waals surface area contributed by atoms with Crippen LogP contribution in [0.15, 0.2) is 0 Å². The van der Waals surface area contributed by atoms with Crippen molar-refractivity contribution < 1.29 is 109 Å². The van der Waals surface area contributed by atoms with Crippen molar-refractivity contribution in [1.29, 1.82) is 0 Å². The summed E-state index contributed by atoms with van der Waals surface area (Å²) in [4.78, 5) is 69.9. The molecule has 8 aliphatic rings. The molecule has 8 heterocycles. The maximum atomic E-state index is 14.7. The SMILES string of the molecule is COC(=O)CC(NC(=O)CC(NC(=O)CC(NC(=O)CC(NC(=O)OC(C)(C)C)[C@H]1O[C@@H]2OC(C)(C)O[C@@H]2[C@H]1OC)[C@H]1O[C@@H]2OCO[C@@H]2[C@H]1OC)[C@H]1O[C@@H]2OC(C)O[C@@H]2[C@H]1OC)[C@H]1O[C@@H]2OC(C)(C)O[C@@H]2[C@H]1OC. The molecule has 0 bridgehead atoms. The van der Waals surface area contributed by atoms with Gasteiger partial charge < -0.3 is 107 Å². The lowest BCUT2D eigenvalue weighted by atomic mass is 9.96. The zero-order valence-corrected chi connectivity index (χ0v) is 44.0. The Morgan fingerprint density at radius 3 is 1.35 bits per heavy atom. The van der Waals surface area contributed by atoms with Crippen LogP contribution in [-0.4, -0.2) is 218 Å². The van der Waals surface area contributed by atoms with Crippen LogP contribution in [-0.2, 0) is 104 Å². The van der Waals surface area contributed by atoms with Crippen molar-refractivity contribution in [3.8, 4) is 0 Å². The van der Waals surface area contributed by atoms with E-state index in [1.807, 2.05) is 0 Å². The molecule has 5 unspecified atom stereocenters. The average molecular weight is 1060 g/mol. The second-order valence-corrected chi connectivity index (χ2v) is 21.3. The summed E-state index contributed by atoms with van der Waals surface area (Å²) in [6.45, 7) is 13.6. The van der Waals surface area contributed by atoms with Gasteiger partial charge >= 0.3 is 12.1 Å². The third-order valence-corrected chi connectivity index (χ3v) is 13.9. The largest absolute Gasteiger partial charge is 0.469 e. The Hall–Kier alpha value is -3.49. The molecule has 8 fully saturated rings. The van der Waals surface area contributed by atoms with Crippen molar-refractivity contribution in [1.82, 2.24) is 21.3 Å². The first-order valence-corrected chi connectivity index (χ1v) is 24.9. The molecule has 74 heavy (non-hydrogen) atoms. The van der Waals surface area contributed by atoms with E-state index in [0.29, 0.717) is 0 Å². The van der Waals surface area contributed by atoms with Crippen molar-refractivity contribution in [3.63, 3.8) is 0 Å². The first kappa shape index (κ1) is 56.7. The number of methoxy groups -OCH3 is 5. The number of ether oxygens (including phenoxy) is 18. The van der Waals surface area contributed by atoms with E-state index in [2.05, 4.69) is 21.3 Å². The van der Waals surface area contributed by atoms with E-state index < -0.39 is 195 Å². The minimum atomic E-state index is -1.17. The molecule has 8 aliphatic heterocycles. The highest BCUT2D eigenvalue weighted by molar-refractivity contribution is 5.83. The summed E-state index contributed by atoms with van der Waals surface area (Å²) in [6.07, 6.45) is -16.9. The van der Waals surface area contributed by atoms with Gasteiger partial charge in [0.2, 0.25) is 17.7 Å². The number of carbonyl (C=O) groups excluding carboxylic acids is 5. The predicted molar refractivity (Wildman–Crippen MR) is 244 cm³/mol. The molecule has 0 saturated carbocycles. The van der Waals surface area contributed by atoms with Crippen LogP contribution in [0.25, 0.3) is 0 Å². The second kappa shape index (κ2) is 22.8. The molecule has 27 nitrogen and oxygen atoms in total. The van der Waals surface area contributed by atoms with E-state index in [9.17, 15) is 24.0 Å². The maximum Gasteiger partial charge on any atom is 0.407 e. The minimum absolute atomic E-state index is 0.0769. The topological polar surface area (TPSA) is 300 Å². The molecule has 8 rings (SSSR count). The van der Waals surface area contributed by atoms with Crippen molar-refractivity contribution in [2.75, 3.05) is 42.3 Å². The van der Waals surface area contributed by atoms with Crippen molar-refractivity contribution in [2.45, 2.75) is 227 Å². The lowest BCUT2D eigenvalue weighted by Crippen LogP contribution is -2.57. The fourth-order valence-electron chi connectivity index (χ4n) is 11.0. The van der Waals surface area contributed by atoms with Gasteiger partial charge in [-0.3, -0.25) is 19.2 Å². The molecule has 0 aromatic heterocycles. The van der Waals surface area contributed by atoms with Crippen molar-refractivity contribution in [3.05, 3.63) is 0 Å². The van der Waals surface area contributed by atoms with Gasteiger partial charge in [0.15, 0.2) is 49.8 Å². The summed E-state index contributed by atoms with van der Waals surface area (Å²) in [5, 5.41) is 11.6. The van der Waals surface area contributed by atoms with Crippen LogP contribution in [0.5, 0.6) is 0 Å². The molecule has 0 aliphatic carbocycles. The fourth-order valence-corrected chi connectivity index (χ4v) is 11.0. The summed E-state index contributed by atoms with van der Waals surface area (Å²) in [6, 6.07) is -4.47. The normalized spacial score (nSPS) is 39.0. The van der Waals surface area contributed by atoms with Crippen LogP contribution in [0, 0.1) is 0 Å². The van der Waals surface area contributed by atoms with Crippen molar-refractivity contribution >= 4 is 29.8 Å². The van der Waals surface area contributed by atoms with Gasteiger partial charge in [-0.2, -0.15) is 0 Å².